The average molecular weight is 299 g/mol. The molecule has 0 unspecified atom stereocenters. The van der Waals surface area contributed by atoms with Crippen LogP contribution >= 0.6 is 0 Å². The van der Waals surface area contributed by atoms with Gasteiger partial charge in [-0.05, 0) is 63.0 Å². The van der Waals surface area contributed by atoms with Crippen LogP contribution in [0.1, 0.15) is 40.5 Å². The van der Waals surface area contributed by atoms with Crippen molar-refractivity contribution < 1.29 is 4.79 Å². The van der Waals surface area contributed by atoms with E-state index in [0.29, 0.717) is 11.7 Å². The van der Waals surface area contributed by atoms with E-state index in [-0.39, 0.29) is 5.91 Å². The first kappa shape index (κ1) is 14.7. The number of amides is 1. The standard InChI is InChI=1S/C16H21N5O/c1-11-3-4-13(9-12(11)2)18-16(22)15-10-21(20-19-15)14-5-7-17-8-6-14/h3-4,9-10,14,17H,5-8H2,1-2H3,(H,18,22). The smallest absolute Gasteiger partial charge is 0.277 e. The summed E-state index contributed by atoms with van der Waals surface area (Å²) in [6.45, 7) is 6.04. The fourth-order valence-corrected chi connectivity index (χ4v) is 2.64. The Labute approximate surface area is 129 Å². The molecule has 1 amide bonds. The number of carbonyl (C=O) groups is 1. The van der Waals surface area contributed by atoms with Gasteiger partial charge in [-0.3, -0.25) is 4.79 Å². The highest BCUT2D eigenvalue weighted by atomic mass is 16.2. The van der Waals surface area contributed by atoms with Crippen molar-refractivity contribution in [1.29, 1.82) is 0 Å². The van der Waals surface area contributed by atoms with E-state index in [1.807, 2.05) is 36.7 Å². The predicted octanol–water partition coefficient (Wildman–Crippen LogP) is 2.07. The van der Waals surface area contributed by atoms with Crippen molar-refractivity contribution in [2.75, 3.05) is 18.4 Å². The maximum Gasteiger partial charge on any atom is 0.277 e. The zero-order valence-corrected chi connectivity index (χ0v) is 13.0. The Bertz CT molecular complexity index is 673. The molecule has 3 rings (SSSR count). The Morgan fingerprint density at radius 2 is 2.05 bits per heavy atom. The normalized spacial score (nSPS) is 15.7. The molecule has 2 aromatic rings. The van der Waals surface area contributed by atoms with E-state index in [2.05, 4.69) is 20.9 Å². The van der Waals surface area contributed by atoms with Gasteiger partial charge in [0.1, 0.15) is 0 Å². The number of nitrogens with zero attached hydrogens (tertiary/aromatic N) is 3. The molecule has 0 atom stereocenters. The third-order valence-electron chi connectivity index (χ3n) is 4.19. The molecule has 0 aliphatic carbocycles. The van der Waals surface area contributed by atoms with Gasteiger partial charge in [-0.2, -0.15) is 0 Å². The molecule has 0 bridgehead atoms. The van der Waals surface area contributed by atoms with Gasteiger partial charge >= 0.3 is 0 Å². The Morgan fingerprint density at radius 1 is 1.27 bits per heavy atom. The van der Waals surface area contributed by atoms with Gasteiger partial charge in [-0.1, -0.05) is 11.3 Å². The minimum Gasteiger partial charge on any atom is -0.321 e. The molecule has 0 saturated carbocycles. The van der Waals surface area contributed by atoms with E-state index in [0.717, 1.165) is 37.2 Å². The quantitative estimate of drug-likeness (QED) is 0.910. The number of piperidine rings is 1. The van der Waals surface area contributed by atoms with Gasteiger partial charge in [-0.15, -0.1) is 5.10 Å². The number of rotatable bonds is 3. The summed E-state index contributed by atoms with van der Waals surface area (Å²) in [5, 5.41) is 14.3. The first-order valence-electron chi connectivity index (χ1n) is 7.64. The van der Waals surface area contributed by atoms with Gasteiger partial charge in [0.2, 0.25) is 0 Å². The van der Waals surface area contributed by atoms with Crippen molar-refractivity contribution in [2.24, 2.45) is 0 Å². The largest absolute Gasteiger partial charge is 0.321 e. The predicted molar refractivity (Wildman–Crippen MR) is 85.0 cm³/mol. The second kappa shape index (κ2) is 6.27. The lowest BCUT2D eigenvalue weighted by Gasteiger charge is -2.22. The second-order valence-corrected chi connectivity index (χ2v) is 5.82. The summed E-state index contributed by atoms with van der Waals surface area (Å²) >= 11 is 0. The molecule has 0 spiro atoms. The van der Waals surface area contributed by atoms with Crippen LogP contribution in [0.3, 0.4) is 0 Å². The van der Waals surface area contributed by atoms with Gasteiger partial charge < -0.3 is 10.6 Å². The molecular formula is C16H21N5O. The Balaban J connectivity index is 1.69. The van der Waals surface area contributed by atoms with E-state index in [9.17, 15) is 4.79 Å². The summed E-state index contributed by atoms with van der Waals surface area (Å²) in [5.74, 6) is -0.219. The molecule has 1 aliphatic heterocycles. The van der Waals surface area contributed by atoms with Crippen LogP contribution in [0.25, 0.3) is 0 Å². The number of nitrogens with one attached hydrogen (secondary N) is 2. The van der Waals surface area contributed by atoms with E-state index >= 15 is 0 Å². The molecule has 2 heterocycles. The Hall–Kier alpha value is -2.21. The highest BCUT2D eigenvalue weighted by Gasteiger charge is 2.18. The number of hydrogen-bond acceptors (Lipinski definition) is 4. The Kier molecular flexibility index (Phi) is 4.20. The van der Waals surface area contributed by atoms with Crippen LogP contribution in [0.2, 0.25) is 0 Å². The van der Waals surface area contributed by atoms with E-state index < -0.39 is 0 Å². The highest BCUT2D eigenvalue weighted by Crippen LogP contribution is 2.18. The van der Waals surface area contributed by atoms with Crippen LogP contribution in [-0.2, 0) is 0 Å². The summed E-state index contributed by atoms with van der Waals surface area (Å²) in [7, 11) is 0. The van der Waals surface area contributed by atoms with Crippen molar-refractivity contribution >= 4 is 11.6 Å². The van der Waals surface area contributed by atoms with Gasteiger partial charge in [-0.25, -0.2) is 4.68 Å². The molecule has 22 heavy (non-hydrogen) atoms. The number of aromatic nitrogens is 3. The third-order valence-corrected chi connectivity index (χ3v) is 4.19. The lowest BCUT2D eigenvalue weighted by Crippen LogP contribution is -2.29. The monoisotopic (exact) mass is 299 g/mol. The van der Waals surface area contributed by atoms with Crippen LogP contribution in [-0.4, -0.2) is 34.0 Å². The lowest BCUT2D eigenvalue weighted by atomic mass is 10.1. The summed E-state index contributed by atoms with van der Waals surface area (Å²) in [6.07, 6.45) is 3.77. The van der Waals surface area contributed by atoms with Gasteiger partial charge in [0.25, 0.3) is 5.91 Å². The molecule has 1 aromatic heterocycles. The molecule has 6 nitrogen and oxygen atoms in total. The zero-order valence-electron chi connectivity index (χ0n) is 13.0. The molecule has 2 N–H and O–H groups in total. The number of carbonyl (C=O) groups excluding carboxylic acids is 1. The minimum absolute atomic E-state index is 0.219. The summed E-state index contributed by atoms with van der Waals surface area (Å²) in [6, 6.07) is 6.19. The molecule has 0 radical (unpaired) electrons. The van der Waals surface area contributed by atoms with Gasteiger partial charge in [0, 0.05) is 5.69 Å². The van der Waals surface area contributed by atoms with E-state index in [4.69, 9.17) is 0 Å². The van der Waals surface area contributed by atoms with Crippen LogP contribution in [0.5, 0.6) is 0 Å². The van der Waals surface area contributed by atoms with Crippen LogP contribution in [0.4, 0.5) is 5.69 Å². The molecule has 1 fully saturated rings. The molecule has 116 valence electrons. The Morgan fingerprint density at radius 3 is 2.77 bits per heavy atom. The minimum atomic E-state index is -0.219. The van der Waals surface area contributed by atoms with Crippen LogP contribution in [0, 0.1) is 13.8 Å². The molecule has 1 aliphatic rings. The number of anilines is 1. The topological polar surface area (TPSA) is 71.8 Å². The van der Waals surface area contributed by atoms with Crippen LogP contribution < -0.4 is 10.6 Å². The third kappa shape index (κ3) is 3.17. The summed E-state index contributed by atoms with van der Waals surface area (Å²) in [4.78, 5) is 12.3. The number of hydrogen-bond donors (Lipinski definition) is 2. The van der Waals surface area contributed by atoms with Crippen molar-refractivity contribution in [2.45, 2.75) is 32.7 Å². The SMILES string of the molecule is Cc1ccc(NC(=O)c2cn(C3CCNCC3)nn2)cc1C. The fraction of sp³-hybridized carbons (Fsp3) is 0.438. The van der Waals surface area contributed by atoms with Crippen molar-refractivity contribution in [3.63, 3.8) is 0 Å². The number of benzene rings is 1. The molecule has 1 aromatic carbocycles. The average Bonchev–Trinajstić information content (AvgIpc) is 3.02. The fourth-order valence-electron chi connectivity index (χ4n) is 2.64. The maximum atomic E-state index is 12.3. The summed E-state index contributed by atoms with van der Waals surface area (Å²) in [5.41, 5.74) is 3.49. The lowest BCUT2D eigenvalue weighted by molar-refractivity contribution is 0.102. The van der Waals surface area contributed by atoms with Crippen molar-refractivity contribution in [3.05, 3.63) is 41.2 Å². The summed E-state index contributed by atoms with van der Waals surface area (Å²) < 4.78 is 1.82. The first-order valence-corrected chi connectivity index (χ1v) is 7.64. The van der Waals surface area contributed by atoms with Gasteiger partial charge in [0.15, 0.2) is 5.69 Å². The second-order valence-electron chi connectivity index (χ2n) is 5.82. The van der Waals surface area contributed by atoms with E-state index in [1.165, 1.54) is 5.56 Å². The van der Waals surface area contributed by atoms with Crippen molar-refractivity contribution in [3.8, 4) is 0 Å². The van der Waals surface area contributed by atoms with Gasteiger partial charge in [0.05, 0.1) is 12.2 Å². The van der Waals surface area contributed by atoms with Crippen molar-refractivity contribution in [1.82, 2.24) is 20.3 Å². The molecular weight excluding hydrogens is 278 g/mol. The molecule has 6 heteroatoms. The first-order chi connectivity index (χ1) is 10.6. The van der Waals surface area contributed by atoms with Crippen LogP contribution in [0.15, 0.2) is 24.4 Å². The zero-order chi connectivity index (χ0) is 15.5. The number of aryl methyl sites for hydroxylation is 2. The highest BCUT2D eigenvalue weighted by molar-refractivity contribution is 6.02. The maximum absolute atomic E-state index is 12.3. The molecule has 1 saturated heterocycles. The van der Waals surface area contributed by atoms with E-state index in [1.54, 1.807) is 6.20 Å².